The first-order chi connectivity index (χ1) is 26.2. The lowest BCUT2D eigenvalue weighted by Crippen LogP contribution is -2.59. The van der Waals surface area contributed by atoms with Gasteiger partial charge in [0.15, 0.2) is 0 Å². The van der Waals surface area contributed by atoms with E-state index >= 15 is 0 Å². The summed E-state index contributed by atoms with van der Waals surface area (Å²) in [4.78, 5) is 40.9. The predicted octanol–water partition coefficient (Wildman–Crippen LogP) is 8.02. The number of morpholine rings is 1. The van der Waals surface area contributed by atoms with Crippen LogP contribution in [0.25, 0.3) is 0 Å². The van der Waals surface area contributed by atoms with Gasteiger partial charge in [0.25, 0.3) is 0 Å². The van der Waals surface area contributed by atoms with Crippen LogP contribution in [0.2, 0.25) is 0 Å². The van der Waals surface area contributed by atoms with Gasteiger partial charge in [0, 0.05) is 50.1 Å². The Hall–Kier alpha value is -4.40. The van der Waals surface area contributed by atoms with E-state index in [1.165, 1.54) is 0 Å². The molecule has 3 heterocycles. The lowest BCUT2D eigenvalue weighted by atomic mass is 9.78. The number of hydrogen-bond acceptors (Lipinski definition) is 7. The van der Waals surface area contributed by atoms with Crippen molar-refractivity contribution in [2.75, 3.05) is 36.1 Å². The monoisotopic (exact) mass is 775 g/mol. The molecule has 1 N–H and O–H groups in total. The fraction of sp³-hybridized carbons (Fsp3) is 0.550. The fourth-order valence-corrected chi connectivity index (χ4v) is 8.48. The molecule has 1 aromatic heterocycles. The molecule has 6 rings (SSSR count). The average Bonchev–Trinajstić information content (AvgIpc) is 3.16. The van der Waals surface area contributed by atoms with Gasteiger partial charge in [0.1, 0.15) is 0 Å². The van der Waals surface area contributed by atoms with E-state index in [1.54, 1.807) is 17.3 Å². The number of alkyl halides is 6. The van der Waals surface area contributed by atoms with Crippen molar-refractivity contribution >= 4 is 23.5 Å². The van der Waals surface area contributed by atoms with Crippen LogP contribution in [0.4, 0.5) is 38.0 Å². The normalized spacial score (nSPS) is 23.7. The van der Waals surface area contributed by atoms with Crippen LogP contribution in [0, 0.1) is 11.8 Å². The van der Waals surface area contributed by atoms with E-state index in [0.29, 0.717) is 77.7 Å². The Kier molecular flexibility index (Phi) is 12.6. The highest BCUT2D eigenvalue weighted by Gasteiger charge is 2.44. The van der Waals surface area contributed by atoms with Crippen molar-refractivity contribution in [1.82, 2.24) is 14.9 Å². The molecule has 15 heteroatoms. The largest absolute Gasteiger partial charge is 0.481 e. The minimum Gasteiger partial charge on any atom is -0.481 e. The number of carbonyl (C=O) groups excluding carboxylic acids is 1. The molecule has 9 nitrogen and oxygen atoms in total. The summed E-state index contributed by atoms with van der Waals surface area (Å²) in [5.74, 6) is -0.934. The second-order valence-corrected chi connectivity index (χ2v) is 15.0. The SMILES string of the molecule is CC[C@@H]1C[C@H](N(Cc2cc(C(F)(F)F)cc(C(F)(F)F)c2)c2ncc(N3CCOCC3)cn2)CC(Cc2ccccc2)N1C(=O)C1CCC(CC(=O)O)CC1. The van der Waals surface area contributed by atoms with Gasteiger partial charge in [0.05, 0.1) is 42.4 Å². The highest BCUT2D eigenvalue weighted by molar-refractivity contribution is 5.80. The van der Waals surface area contributed by atoms with Crippen LogP contribution in [0.15, 0.2) is 60.9 Å². The van der Waals surface area contributed by atoms with Gasteiger partial charge in [-0.2, -0.15) is 26.3 Å². The molecular weight excluding hydrogens is 728 g/mol. The van der Waals surface area contributed by atoms with Crippen LogP contribution in [0.5, 0.6) is 0 Å². The second kappa shape index (κ2) is 17.2. The number of nitrogens with zero attached hydrogens (tertiary/aromatic N) is 5. The van der Waals surface area contributed by atoms with E-state index in [2.05, 4.69) is 9.97 Å². The number of ether oxygens (including phenoxy) is 1. The minimum atomic E-state index is -5.01. The predicted molar refractivity (Wildman–Crippen MR) is 193 cm³/mol. The molecule has 1 saturated carbocycles. The molecule has 3 fully saturated rings. The average molecular weight is 776 g/mol. The van der Waals surface area contributed by atoms with E-state index in [4.69, 9.17) is 4.74 Å². The fourth-order valence-electron chi connectivity index (χ4n) is 8.48. The van der Waals surface area contributed by atoms with E-state index in [9.17, 15) is 41.0 Å². The standard InChI is InChI=1S/C40H47F6N5O4/c1-2-32-21-33(22-34(18-26-6-4-3-5-7-26)51(32)37(54)29-10-8-27(9-11-29)19-36(52)53)50(38-47-23-35(24-48-38)49-12-14-55-15-13-49)25-28-16-30(39(41,42)43)20-31(17-28)40(44,45)46/h3-7,16-17,20,23-24,27,29,32-34H,2,8-15,18-19,21-22,25H2,1H3,(H,52,53)/t27?,29?,32-,33+,34?/m1/s1. The van der Waals surface area contributed by atoms with Crippen molar-refractivity contribution in [3.05, 3.63) is 83.2 Å². The van der Waals surface area contributed by atoms with E-state index < -0.39 is 35.5 Å². The molecular formula is C40H47F6N5O4. The van der Waals surface area contributed by atoms with Crippen LogP contribution in [0.3, 0.4) is 0 Å². The van der Waals surface area contributed by atoms with Gasteiger partial charge >= 0.3 is 18.3 Å². The number of halogens is 6. The number of amides is 1. The van der Waals surface area contributed by atoms with Gasteiger partial charge in [0.2, 0.25) is 11.9 Å². The number of aliphatic carboxylic acids is 1. The van der Waals surface area contributed by atoms with Crippen LogP contribution in [0.1, 0.15) is 80.5 Å². The van der Waals surface area contributed by atoms with Crippen molar-refractivity contribution in [3.63, 3.8) is 0 Å². The molecule has 2 aromatic carbocycles. The van der Waals surface area contributed by atoms with Gasteiger partial charge in [-0.05, 0) is 86.6 Å². The van der Waals surface area contributed by atoms with Crippen LogP contribution < -0.4 is 9.80 Å². The van der Waals surface area contributed by atoms with Crippen molar-refractivity contribution in [2.24, 2.45) is 11.8 Å². The molecule has 2 aliphatic heterocycles. The van der Waals surface area contributed by atoms with Gasteiger partial charge in [-0.3, -0.25) is 9.59 Å². The molecule has 1 aliphatic carbocycles. The number of hydrogen-bond donors (Lipinski definition) is 1. The summed E-state index contributed by atoms with van der Waals surface area (Å²) in [5, 5.41) is 9.31. The molecule has 0 radical (unpaired) electrons. The van der Waals surface area contributed by atoms with Gasteiger partial charge in [-0.15, -0.1) is 0 Å². The summed E-state index contributed by atoms with van der Waals surface area (Å²) >= 11 is 0. The number of rotatable bonds is 11. The Morgan fingerprint density at radius 2 is 1.45 bits per heavy atom. The first-order valence-corrected chi connectivity index (χ1v) is 19.0. The maximum Gasteiger partial charge on any atom is 0.416 e. The summed E-state index contributed by atoms with van der Waals surface area (Å²) in [6.45, 7) is 3.91. The van der Waals surface area contributed by atoms with Gasteiger partial charge in [-0.1, -0.05) is 37.3 Å². The van der Waals surface area contributed by atoms with Gasteiger partial charge < -0.3 is 24.5 Å². The molecule has 3 aromatic rings. The van der Waals surface area contributed by atoms with Crippen molar-refractivity contribution in [3.8, 4) is 0 Å². The third kappa shape index (κ3) is 10.1. The van der Waals surface area contributed by atoms with Crippen LogP contribution in [-0.4, -0.2) is 76.3 Å². The first-order valence-electron chi connectivity index (χ1n) is 19.0. The summed E-state index contributed by atoms with van der Waals surface area (Å²) in [5.41, 5.74) is -1.28. The lowest BCUT2D eigenvalue weighted by molar-refractivity contribution is -0.145. The molecule has 1 amide bonds. The number of benzene rings is 2. The molecule has 55 heavy (non-hydrogen) atoms. The Morgan fingerprint density at radius 3 is 2.02 bits per heavy atom. The summed E-state index contributed by atoms with van der Waals surface area (Å²) in [6.07, 6.45) is -2.46. The summed E-state index contributed by atoms with van der Waals surface area (Å²) in [7, 11) is 0. The zero-order valence-corrected chi connectivity index (χ0v) is 30.7. The highest BCUT2D eigenvalue weighted by Crippen LogP contribution is 2.40. The number of carbonyl (C=O) groups is 2. The van der Waals surface area contributed by atoms with Gasteiger partial charge in [-0.25, -0.2) is 9.97 Å². The molecule has 1 unspecified atom stereocenters. The third-order valence-corrected chi connectivity index (χ3v) is 11.3. The number of likely N-dealkylation sites (tertiary alicyclic amines) is 1. The second-order valence-electron chi connectivity index (χ2n) is 15.0. The maximum atomic E-state index is 14.5. The Bertz CT molecular complexity index is 1710. The van der Waals surface area contributed by atoms with E-state index in [-0.39, 0.29) is 60.4 Å². The maximum absolute atomic E-state index is 14.5. The molecule has 298 valence electrons. The van der Waals surface area contributed by atoms with E-state index in [0.717, 1.165) is 23.4 Å². The lowest BCUT2D eigenvalue weighted by Gasteiger charge is -2.49. The number of piperidine rings is 1. The molecule has 2 saturated heterocycles. The smallest absolute Gasteiger partial charge is 0.416 e. The zero-order chi connectivity index (χ0) is 39.3. The third-order valence-electron chi connectivity index (χ3n) is 11.3. The van der Waals surface area contributed by atoms with Crippen LogP contribution >= 0.6 is 0 Å². The summed E-state index contributed by atoms with van der Waals surface area (Å²) in [6, 6.07) is 10.2. The van der Waals surface area contributed by atoms with E-state index in [1.807, 2.05) is 47.1 Å². The Balaban J connectivity index is 1.36. The minimum absolute atomic E-state index is 0.00497. The van der Waals surface area contributed by atoms with Crippen LogP contribution in [-0.2, 0) is 39.6 Å². The zero-order valence-electron chi connectivity index (χ0n) is 30.7. The number of anilines is 2. The Labute approximate surface area is 316 Å². The number of carboxylic acid groups (broad SMARTS) is 1. The number of aromatic nitrogens is 2. The molecule has 3 aliphatic rings. The Morgan fingerprint density at radius 1 is 0.855 bits per heavy atom. The highest BCUT2D eigenvalue weighted by atomic mass is 19.4. The molecule has 3 atom stereocenters. The quantitative estimate of drug-likeness (QED) is 0.196. The first kappa shape index (κ1) is 40.3. The topological polar surface area (TPSA) is 99.1 Å². The van der Waals surface area contributed by atoms with Crippen molar-refractivity contribution < 1.29 is 45.8 Å². The number of carboxylic acids is 1. The molecule has 0 spiro atoms. The molecule has 0 bridgehead atoms. The summed E-state index contributed by atoms with van der Waals surface area (Å²) < 4.78 is 89.4. The van der Waals surface area contributed by atoms with Crippen molar-refractivity contribution in [2.45, 2.75) is 102 Å². The van der Waals surface area contributed by atoms with Crippen molar-refractivity contribution in [1.29, 1.82) is 0 Å².